The number of hydrogen-bond donors (Lipinski definition) is 1. The SMILES string of the molecule is CN(C[C@@H](O)COc1ccc(C(C)(C)C)cc1)[C@H]1CCS(=O)(=O)C1. The fraction of sp³-hybridized carbons (Fsp3) is 0.667. The van der Waals surface area contributed by atoms with E-state index in [1.54, 1.807) is 0 Å². The summed E-state index contributed by atoms with van der Waals surface area (Å²) in [5.41, 5.74) is 1.33. The van der Waals surface area contributed by atoms with Crippen LogP contribution >= 0.6 is 0 Å². The van der Waals surface area contributed by atoms with Gasteiger partial charge in [-0.05, 0) is 36.6 Å². The van der Waals surface area contributed by atoms with Crippen molar-refractivity contribution in [2.24, 2.45) is 0 Å². The van der Waals surface area contributed by atoms with Crippen LogP contribution in [0.1, 0.15) is 32.8 Å². The monoisotopic (exact) mass is 355 g/mol. The molecular formula is C18H29NO4S. The maximum absolute atomic E-state index is 11.5. The second-order valence-corrected chi connectivity index (χ2v) is 9.96. The molecule has 6 heteroatoms. The Bertz CT molecular complexity index is 634. The van der Waals surface area contributed by atoms with Crippen molar-refractivity contribution >= 4 is 9.84 Å². The summed E-state index contributed by atoms with van der Waals surface area (Å²) in [4.78, 5) is 1.92. The summed E-state index contributed by atoms with van der Waals surface area (Å²) in [5.74, 6) is 1.16. The Kier molecular flexibility index (Phi) is 5.94. The van der Waals surface area contributed by atoms with E-state index >= 15 is 0 Å². The van der Waals surface area contributed by atoms with Crippen LogP contribution in [0.4, 0.5) is 0 Å². The van der Waals surface area contributed by atoms with Crippen LogP contribution in [0.15, 0.2) is 24.3 Å². The number of hydrogen-bond acceptors (Lipinski definition) is 5. The molecule has 0 unspecified atom stereocenters. The zero-order chi connectivity index (χ0) is 18.0. The zero-order valence-electron chi connectivity index (χ0n) is 15.0. The Morgan fingerprint density at radius 1 is 1.29 bits per heavy atom. The third-order valence-electron chi connectivity index (χ3n) is 4.49. The van der Waals surface area contributed by atoms with Gasteiger partial charge in [0.15, 0.2) is 9.84 Å². The summed E-state index contributed by atoms with van der Waals surface area (Å²) < 4.78 is 28.7. The molecule has 0 saturated carbocycles. The lowest BCUT2D eigenvalue weighted by molar-refractivity contribution is 0.0664. The molecule has 1 saturated heterocycles. The molecule has 0 spiro atoms. The second kappa shape index (κ2) is 7.42. The number of likely N-dealkylation sites (N-methyl/N-ethyl adjacent to an activating group) is 1. The number of sulfone groups is 1. The zero-order valence-corrected chi connectivity index (χ0v) is 15.8. The predicted octanol–water partition coefficient (Wildman–Crippen LogP) is 1.84. The summed E-state index contributed by atoms with van der Waals surface area (Å²) in [6.45, 7) is 7.07. The fourth-order valence-electron chi connectivity index (χ4n) is 2.90. The van der Waals surface area contributed by atoms with Crippen molar-refractivity contribution in [2.45, 2.75) is 44.8 Å². The van der Waals surface area contributed by atoms with Crippen molar-refractivity contribution in [3.05, 3.63) is 29.8 Å². The van der Waals surface area contributed by atoms with Crippen molar-refractivity contribution in [1.29, 1.82) is 0 Å². The highest BCUT2D eigenvalue weighted by atomic mass is 32.2. The molecule has 1 fully saturated rings. The summed E-state index contributed by atoms with van der Waals surface area (Å²) >= 11 is 0. The molecule has 24 heavy (non-hydrogen) atoms. The molecule has 136 valence electrons. The van der Waals surface area contributed by atoms with E-state index in [1.165, 1.54) is 5.56 Å². The lowest BCUT2D eigenvalue weighted by Crippen LogP contribution is -2.40. The normalized spacial score (nSPS) is 21.8. The van der Waals surface area contributed by atoms with Crippen LogP contribution in [0.5, 0.6) is 5.75 Å². The summed E-state index contributed by atoms with van der Waals surface area (Å²) in [7, 11) is -1.05. The molecule has 0 aromatic heterocycles. The summed E-state index contributed by atoms with van der Waals surface area (Å²) in [6.07, 6.45) is -0.0127. The molecule has 0 amide bonds. The van der Waals surface area contributed by atoms with E-state index in [0.717, 1.165) is 5.75 Å². The largest absolute Gasteiger partial charge is 0.491 e. The molecule has 1 aromatic rings. The highest BCUT2D eigenvalue weighted by molar-refractivity contribution is 7.91. The van der Waals surface area contributed by atoms with Crippen molar-refractivity contribution in [2.75, 3.05) is 31.7 Å². The van der Waals surface area contributed by atoms with E-state index < -0.39 is 15.9 Å². The Morgan fingerprint density at radius 2 is 1.92 bits per heavy atom. The number of aliphatic hydroxyl groups is 1. The number of ether oxygens (including phenoxy) is 1. The topological polar surface area (TPSA) is 66.8 Å². The van der Waals surface area contributed by atoms with E-state index in [0.29, 0.717) is 13.0 Å². The van der Waals surface area contributed by atoms with Crippen molar-refractivity contribution < 1.29 is 18.3 Å². The van der Waals surface area contributed by atoms with Gasteiger partial charge in [0.05, 0.1) is 11.5 Å². The van der Waals surface area contributed by atoms with Crippen molar-refractivity contribution in [3.8, 4) is 5.75 Å². The van der Waals surface area contributed by atoms with Gasteiger partial charge in [0.25, 0.3) is 0 Å². The average Bonchev–Trinajstić information content (AvgIpc) is 2.85. The third kappa shape index (κ3) is 5.46. The highest BCUT2D eigenvalue weighted by Crippen LogP contribution is 2.24. The first-order chi connectivity index (χ1) is 11.1. The molecule has 1 heterocycles. The summed E-state index contributed by atoms with van der Waals surface area (Å²) in [6, 6.07) is 7.91. The van der Waals surface area contributed by atoms with E-state index in [-0.39, 0.29) is 29.6 Å². The van der Waals surface area contributed by atoms with Crippen LogP contribution in [0.25, 0.3) is 0 Å². The van der Waals surface area contributed by atoms with Gasteiger partial charge in [0.2, 0.25) is 0 Å². The van der Waals surface area contributed by atoms with Crippen LogP contribution in [0, 0.1) is 0 Å². The molecule has 0 aliphatic carbocycles. The first kappa shape index (κ1) is 19.2. The number of aliphatic hydroxyl groups excluding tert-OH is 1. The van der Waals surface area contributed by atoms with E-state index in [2.05, 4.69) is 20.8 Å². The first-order valence-electron chi connectivity index (χ1n) is 8.39. The van der Waals surface area contributed by atoms with Gasteiger partial charge in [-0.2, -0.15) is 0 Å². The Balaban J connectivity index is 1.79. The molecule has 5 nitrogen and oxygen atoms in total. The van der Waals surface area contributed by atoms with Crippen LogP contribution in [-0.4, -0.2) is 62.3 Å². The van der Waals surface area contributed by atoms with Crippen LogP contribution < -0.4 is 4.74 Å². The minimum Gasteiger partial charge on any atom is -0.491 e. The molecule has 0 bridgehead atoms. The highest BCUT2D eigenvalue weighted by Gasteiger charge is 2.31. The molecule has 1 aromatic carbocycles. The molecule has 1 aliphatic rings. The van der Waals surface area contributed by atoms with Gasteiger partial charge < -0.3 is 9.84 Å². The smallest absolute Gasteiger partial charge is 0.151 e. The number of nitrogens with zero attached hydrogens (tertiary/aromatic N) is 1. The van der Waals surface area contributed by atoms with Gasteiger partial charge in [0, 0.05) is 12.6 Å². The maximum atomic E-state index is 11.5. The van der Waals surface area contributed by atoms with Gasteiger partial charge >= 0.3 is 0 Å². The van der Waals surface area contributed by atoms with Gasteiger partial charge in [0.1, 0.15) is 18.5 Å². The molecule has 2 atom stereocenters. The van der Waals surface area contributed by atoms with Crippen LogP contribution in [0.2, 0.25) is 0 Å². The van der Waals surface area contributed by atoms with Crippen LogP contribution in [0.3, 0.4) is 0 Å². The number of rotatable bonds is 6. The van der Waals surface area contributed by atoms with Gasteiger partial charge in [-0.3, -0.25) is 4.90 Å². The summed E-state index contributed by atoms with van der Waals surface area (Å²) in [5, 5.41) is 10.1. The van der Waals surface area contributed by atoms with E-state index in [9.17, 15) is 13.5 Å². The molecular weight excluding hydrogens is 326 g/mol. The van der Waals surface area contributed by atoms with Gasteiger partial charge in [-0.25, -0.2) is 8.42 Å². The van der Waals surface area contributed by atoms with Crippen molar-refractivity contribution in [1.82, 2.24) is 4.90 Å². The van der Waals surface area contributed by atoms with E-state index in [1.807, 2.05) is 36.2 Å². The van der Waals surface area contributed by atoms with E-state index in [4.69, 9.17) is 4.74 Å². The van der Waals surface area contributed by atoms with Gasteiger partial charge in [-0.15, -0.1) is 0 Å². The average molecular weight is 356 g/mol. The Hall–Kier alpha value is -1.11. The lowest BCUT2D eigenvalue weighted by Gasteiger charge is -2.25. The molecule has 2 rings (SSSR count). The quantitative estimate of drug-likeness (QED) is 0.843. The third-order valence-corrected chi connectivity index (χ3v) is 6.24. The predicted molar refractivity (Wildman–Crippen MR) is 96.3 cm³/mol. The standard InChI is InChI=1S/C18H29NO4S/c1-18(2,3)14-5-7-17(8-6-14)23-12-16(20)11-19(4)15-9-10-24(21,22)13-15/h5-8,15-16,20H,9-13H2,1-4H3/t15-,16+/m0/s1. The minimum atomic E-state index is -2.90. The Labute approximate surface area is 145 Å². The second-order valence-electron chi connectivity index (χ2n) is 7.74. The first-order valence-corrected chi connectivity index (χ1v) is 10.2. The molecule has 1 N–H and O–H groups in total. The Morgan fingerprint density at radius 3 is 2.42 bits per heavy atom. The lowest BCUT2D eigenvalue weighted by atomic mass is 9.87. The fourth-order valence-corrected chi connectivity index (χ4v) is 4.71. The van der Waals surface area contributed by atoms with Gasteiger partial charge in [-0.1, -0.05) is 32.9 Å². The van der Waals surface area contributed by atoms with Crippen LogP contribution in [-0.2, 0) is 15.3 Å². The minimum absolute atomic E-state index is 0.00396. The van der Waals surface area contributed by atoms with Crippen molar-refractivity contribution in [3.63, 3.8) is 0 Å². The molecule has 1 aliphatic heterocycles. The number of benzene rings is 1. The maximum Gasteiger partial charge on any atom is 0.151 e. The molecule has 0 radical (unpaired) electrons.